The van der Waals surface area contributed by atoms with Crippen LogP contribution in [0, 0.1) is 12.7 Å². The van der Waals surface area contributed by atoms with Crippen LogP contribution in [0.2, 0.25) is 0 Å². The molecule has 5 rings (SSSR count). The van der Waals surface area contributed by atoms with Crippen molar-refractivity contribution in [3.05, 3.63) is 60.4 Å². The lowest BCUT2D eigenvalue weighted by Crippen LogP contribution is -2.47. The molecule has 0 N–H and O–H groups in total. The number of piperazine rings is 1. The number of nitrogens with zero attached hydrogens (tertiary/aromatic N) is 8. The van der Waals surface area contributed by atoms with Crippen molar-refractivity contribution >= 4 is 17.5 Å². The van der Waals surface area contributed by atoms with Gasteiger partial charge in [0.1, 0.15) is 23.7 Å². The second kappa shape index (κ2) is 7.54. The van der Waals surface area contributed by atoms with Crippen molar-refractivity contribution in [3.8, 4) is 11.6 Å². The SMILES string of the molecule is Cc1cc(N2CCN(c3nccc(Oc4ccc(F)cc4)n3)CC2)n2ncnc2n1. The molecule has 1 aliphatic heterocycles. The molecule has 0 aliphatic carbocycles. The minimum absolute atomic E-state index is 0.309. The molecule has 0 radical (unpaired) electrons. The number of aromatic nitrogens is 6. The molecule has 0 unspecified atom stereocenters. The minimum atomic E-state index is -0.309. The number of hydrogen-bond acceptors (Lipinski definition) is 8. The molecule has 1 saturated heterocycles. The van der Waals surface area contributed by atoms with Crippen molar-refractivity contribution in [2.75, 3.05) is 36.0 Å². The van der Waals surface area contributed by atoms with Gasteiger partial charge < -0.3 is 14.5 Å². The minimum Gasteiger partial charge on any atom is -0.439 e. The third-order valence-electron chi connectivity index (χ3n) is 4.90. The Balaban J connectivity index is 1.29. The summed E-state index contributed by atoms with van der Waals surface area (Å²) in [4.78, 5) is 21.9. The van der Waals surface area contributed by atoms with E-state index in [4.69, 9.17) is 4.74 Å². The van der Waals surface area contributed by atoms with E-state index in [1.54, 1.807) is 28.9 Å². The molecule has 152 valence electrons. The Labute approximate surface area is 171 Å². The molecule has 0 amide bonds. The summed E-state index contributed by atoms with van der Waals surface area (Å²) in [6, 6.07) is 9.54. The number of aryl methyl sites for hydroxylation is 1. The molecule has 0 spiro atoms. The smallest absolute Gasteiger partial charge is 0.254 e. The summed E-state index contributed by atoms with van der Waals surface area (Å²) in [6.07, 6.45) is 3.18. The lowest BCUT2D eigenvalue weighted by atomic mass is 10.3. The third kappa shape index (κ3) is 3.59. The van der Waals surface area contributed by atoms with Crippen LogP contribution >= 0.6 is 0 Å². The second-order valence-corrected chi connectivity index (χ2v) is 6.95. The summed E-state index contributed by atoms with van der Waals surface area (Å²) in [5, 5.41) is 4.29. The molecular formula is C20H19FN8O. The Bertz CT molecular complexity index is 1170. The van der Waals surface area contributed by atoms with Gasteiger partial charge in [-0.05, 0) is 31.2 Å². The molecule has 1 aromatic carbocycles. The Morgan fingerprint density at radius 1 is 0.933 bits per heavy atom. The fourth-order valence-electron chi connectivity index (χ4n) is 3.44. The van der Waals surface area contributed by atoms with Gasteiger partial charge in [-0.15, -0.1) is 0 Å². The van der Waals surface area contributed by atoms with Crippen LogP contribution in [0.15, 0.2) is 48.9 Å². The molecule has 1 aliphatic rings. The normalized spacial score (nSPS) is 14.3. The molecule has 4 aromatic rings. The Morgan fingerprint density at radius 2 is 1.70 bits per heavy atom. The average molecular weight is 406 g/mol. The molecular weight excluding hydrogens is 387 g/mol. The zero-order chi connectivity index (χ0) is 20.5. The lowest BCUT2D eigenvalue weighted by molar-refractivity contribution is 0.458. The van der Waals surface area contributed by atoms with Crippen molar-refractivity contribution < 1.29 is 9.13 Å². The number of halogens is 1. The second-order valence-electron chi connectivity index (χ2n) is 6.95. The first-order chi connectivity index (χ1) is 14.7. The van der Waals surface area contributed by atoms with E-state index in [0.29, 0.717) is 23.4 Å². The summed E-state index contributed by atoms with van der Waals surface area (Å²) >= 11 is 0. The van der Waals surface area contributed by atoms with E-state index in [0.717, 1.165) is 37.7 Å². The maximum atomic E-state index is 13.1. The van der Waals surface area contributed by atoms with Gasteiger partial charge in [0, 0.05) is 50.2 Å². The van der Waals surface area contributed by atoms with Crippen LogP contribution < -0.4 is 14.5 Å². The fraction of sp³-hybridized carbons (Fsp3) is 0.250. The van der Waals surface area contributed by atoms with Crippen molar-refractivity contribution in [2.45, 2.75) is 6.92 Å². The topological polar surface area (TPSA) is 84.6 Å². The van der Waals surface area contributed by atoms with Gasteiger partial charge in [0.2, 0.25) is 11.8 Å². The zero-order valence-corrected chi connectivity index (χ0v) is 16.3. The summed E-state index contributed by atoms with van der Waals surface area (Å²) in [7, 11) is 0. The quantitative estimate of drug-likeness (QED) is 0.511. The molecule has 1 fully saturated rings. The molecule has 0 atom stereocenters. The highest BCUT2D eigenvalue weighted by Gasteiger charge is 2.22. The monoisotopic (exact) mass is 406 g/mol. The highest BCUT2D eigenvalue weighted by atomic mass is 19.1. The van der Waals surface area contributed by atoms with Gasteiger partial charge in [-0.1, -0.05) is 0 Å². The highest BCUT2D eigenvalue weighted by molar-refractivity contribution is 5.49. The number of hydrogen-bond donors (Lipinski definition) is 0. The van der Waals surface area contributed by atoms with E-state index in [-0.39, 0.29) is 5.82 Å². The first-order valence-corrected chi connectivity index (χ1v) is 9.59. The van der Waals surface area contributed by atoms with Crippen LogP contribution in [0.25, 0.3) is 5.78 Å². The van der Waals surface area contributed by atoms with Gasteiger partial charge in [-0.25, -0.2) is 14.4 Å². The molecule has 10 heteroatoms. The van der Waals surface area contributed by atoms with Crippen LogP contribution in [0.1, 0.15) is 5.69 Å². The van der Waals surface area contributed by atoms with Crippen molar-refractivity contribution in [1.29, 1.82) is 0 Å². The van der Waals surface area contributed by atoms with E-state index in [9.17, 15) is 4.39 Å². The maximum Gasteiger partial charge on any atom is 0.254 e. The highest BCUT2D eigenvalue weighted by Crippen LogP contribution is 2.23. The number of anilines is 2. The first-order valence-electron chi connectivity index (χ1n) is 9.59. The van der Waals surface area contributed by atoms with Crippen LogP contribution in [-0.4, -0.2) is 55.7 Å². The predicted octanol–water partition coefficient (Wildman–Crippen LogP) is 2.48. The van der Waals surface area contributed by atoms with E-state index >= 15 is 0 Å². The average Bonchev–Trinajstić information content (AvgIpc) is 3.23. The van der Waals surface area contributed by atoms with Crippen molar-refractivity contribution in [1.82, 2.24) is 29.5 Å². The van der Waals surface area contributed by atoms with Gasteiger partial charge in [-0.2, -0.15) is 19.6 Å². The van der Waals surface area contributed by atoms with Gasteiger partial charge in [0.05, 0.1) is 0 Å². The summed E-state index contributed by atoms with van der Waals surface area (Å²) in [5.41, 5.74) is 0.905. The third-order valence-corrected chi connectivity index (χ3v) is 4.90. The Kier molecular flexibility index (Phi) is 4.58. The largest absolute Gasteiger partial charge is 0.439 e. The van der Waals surface area contributed by atoms with Crippen molar-refractivity contribution in [3.63, 3.8) is 0 Å². The molecule has 0 bridgehead atoms. The first kappa shape index (κ1) is 18.2. The Hall–Kier alpha value is -3.82. The molecule has 3 aromatic heterocycles. The van der Waals surface area contributed by atoms with Crippen LogP contribution in [0.4, 0.5) is 16.2 Å². The number of rotatable bonds is 4. The molecule has 30 heavy (non-hydrogen) atoms. The molecule has 4 heterocycles. The predicted molar refractivity (Wildman–Crippen MR) is 108 cm³/mol. The van der Waals surface area contributed by atoms with E-state index < -0.39 is 0 Å². The van der Waals surface area contributed by atoms with Crippen LogP contribution in [-0.2, 0) is 0 Å². The lowest BCUT2D eigenvalue weighted by Gasteiger charge is -2.35. The van der Waals surface area contributed by atoms with Gasteiger partial charge >= 0.3 is 0 Å². The van der Waals surface area contributed by atoms with E-state index in [1.165, 1.54) is 18.5 Å². The van der Waals surface area contributed by atoms with Crippen LogP contribution in [0.5, 0.6) is 11.6 Å². The number of benzene rings is 1. The van der Waals surface area contributed by atoms with Crippen molar-refractivity contribution in [2.24, 2.45) is 0 Å². The summed E-state index contributed by atoms with van der Waals surface area (Å²) in [5.74, 6) is 2.81. The van der Waals surface area contributed by atoms with Crippen LogP contribution in [0.3, 0.4) is 0 Å². The summed E-state index contributed by atoms with van der Waals surface area (Å²) in [6.45, 7) is 5.01. The van der Waals surface area contributed by atoms with Gasteiger partial charge in [0.25, 0.3) is 5.78 Å². The molecule has 0 saturated carbocycles. The Morgan fingerprint density at radius 3 is 2.50 bits per heavy atom. The fourth-order valence-corrected chi connectivity index (χ4v) is 3.44. The molecule has 9 nitrogen and oxygen atoms in total. The number of fused-ring (bicyclic) bond motifs is 1. The van der Waals surface area contributed by atoms with E-state index in [1.807, 2.05) is 13.0 Å². The maximum absolute atomic E-state index is 13.1. The number of ether oxygens (including phenoxy) is 1. The van der Waals surface area contributed by atoms with Gasteiger partial charge in [0.15, 0.2) is 0 Å². The summed E-state index contributed by atoms with van der Waals surface area (Å²) < 4.78 is 20.6. The van der Waals surface area contributed by atoms with E-state index in [2.05, 4.69) is 34.8 Å². The standard InChI is InChI=1S/C20H19FN8O/c1-14-12-18(29-20(25-14)23-13-24-29)27-8-10-28(11-9-27)19-22-7-6-17(26-19)30-16-4-2-15(21)3-5-16/h2-7,12-13H,8-11H2,1H3. The zero-order valence-electron chi connectivity index (χ0n) is 16.3. The van der Waals surface area contributed by atoms with Gasteiger partial charge in [-0.3, -0.25) is 0 Å².